The van der Waals surface area contributed by atoms with Crippen LogP contribution >= 0.6 is 0 Å². The summed E-state index contributed by atoms with van der Waals surface area (Å²) in [6.07, 6.45) is 2.22. The molecule has 0 aliphatic carbocycles. The third-order valence-corrected chi connectivity index (χ3v) is 3.99. The fourth-order valence-corrected chi connectivity index (χ4v) is 2.60. The van der Waals surface area contributed by atoms with Crippen molar-refractivity contribution in [3.05, 3.63) is 53.9 Å². The number of aromatic nitrogens is 1. The normalized spacial score (nSPS) is 10.6. The van der Waals surface area contributed by atoms with Crippen LogP contribution < -0.4 is 14.8 Å². The Morgan fingerprint density at radius 2 is 1.96 bits per heavy atom. The molecule has 3 aromatic rings. The highest BCUT2D eigenvalue weighted by Gasteiger charge is 2.10. The van der Waals surface area contributed by atoms with Crippen molar-refractivity contribution in [3.63, 3.8) is 0 Å². The molecule has 0 spiro atoms. The molecule has 0 fully saturated rings. The average Bonchev–Trinajstić information content (AvgIpc) is 3.39. The number of hydrogen-bond donors (Lipinski definition) is 1. The largest absolute Gasteiger partial charge is 0.493 e. The Morgan fingerprint density at radius 1 is 1.11 bits per heavy atom. The number of benzene rings is 1. The number of carbonyl (C=O) groups excluding carboxylic acids is 1. The van der Waals surface area contributed by atoms with E-state index in [1.807, 2.05) is 18.2 Å². The monoisotopic (exact) mass is 386 g/mol. The van der Waals surface area contributed by atoms with Gasteiger partial charge in [-0.3, -0.25) is 4.79 Å². The molecule has 8 nitrogen and oxygen atoms in total. The van der Waals surface area contributed by atoms with Crippen molar-refractivity contribution in [2.45, 2.75) is 13.0 Å². The first-order valence-corrected chi connectivity index (χ1v) is 8.74. The molecule has 0 saturated carbocycles. The van der Waals surface area contributed by atoms with E-state index < -0.39 is 0 Å². The third-order valence-electron chi connectivity index (χ3n) is 3.99. The van der Waals surface area contributed by atoms with Gasteiger partial charge in [0, 0.05) is 12.6 Å². The van der Waals surface area contributed by atoms with Crippen molar-refractivity contribution >= 4 is 5.91 Å². The average molecular weight is 386 g/mol. The predicted molar refractivity (Wildman–Crippen MR) is 100 cm³/mol. The van der Waals surface area contributed by atoms with Crippen LogP contribution in [0.25, 0.3) is 11.5 Å². The first-order valence-electron chi connectivity index (χ1n) is 8.74. The number of nitrogens with one attached hydrogen (secondary N) is 1. The number of methoxy groups -OCH3 is 2. The highest BCUT2D eigenvalue weighted by Crippen LogP contribution is 2.27. The van der Waals surface area contributed by atoms with Crippen LogP contribution in [0.2, 0.25) is 0 Å². The lowest BCUT2D eigenvalue weighted by atomic mass is 10.1. The van der Waals surface area contributed by atoms with Gasteiger partial charge in [-0.15, -0.1) is 0 Å². The molecule has 0 atom stereocenters. The van der Waals surface area contributed by atoms with Crippen molar-refractivity contribution in [1.29, 1.82) is 0 Å². The molecule has 0 radical (unpaired) electrons. The molecule has 0 unspecified atom stereocenters. The first-order chi connectivity index (χ1) is 13.7. The number of furan rings is 1. The van der Waals surface area contributed by atoms with Crippen molar-refractivity contribution in [3.8, 4) is 23.0 Å². The molecule has 1 amide bonds. The van der Waals surface area contributed by atoms with Gasteiger partial charge < -0.3 is 28.5 Å². The molecule has 0 aliphatic rings. The van der Waals surface area contributed by atoms with E-state index in [-0.39, 0.29) is 19.1 Å². The molecule has 3 rings (SSSR count). The zero-order chi connectivity index (χ0) is 19.8. The number of amides is 1. The Morgan fingerprint density at radius 3 is 2.71 bits per heavy atom. The standard InChI is InChI=1S/C20H22N2O6/c1-24-16-6-5-14(10-18(16)25-2)7-8-21-20(23)13-26-12-15-11-19(28-22-15)17-4-3-9-27-17/h3-6,9-11H,7-8,12-13H2,1-2H3,(H,21,23). The molecular weight excluding hydrogens is 364 g/mol. The molecule has 1 N–H and O–H groups in total. The summed E-state index contributed by atoms with van der Waals surface area (Å²) in [6.45, 7) is 0.604. The number of nitrogens with zero attached hydrogens (tertiary/aromatic N) is 1. The summed E-state index contributed by atoms with van der Waals surface area (Å²) < 4.78 is 26.3. The van der Waals surface area contributed by atoms with Gasteiger partial charge in [0.15, 0.2) is 17.3 Å². The van der Waals surface area contributed by atoms with E-state index in [2.05, 4.69) is 10.5 Å². The summed E-state index contributed by atoms with van der Waals surface area (Å²) in [5.41, 5.74) is 1.62. The minimum Gasteiger partial charge on any atom is -0.493 e. The Bertz CT molecular complexity index is 888. The van der Waals surface area contributed by atoms with Crippen molar-refractivity contribution in [2.75, 3.05) is 27.4 Å². The van der Waals surface area contributed by atoms with E-state index in [1.54, 1.807) is 38.7 Å². The quantitative estimate of drug-likeness (QED) is 0.572. The lowest BCUT2D eigenvalue weighted by molar-refractivity contribution is -0.126. The zero-order valence-corrected chi connectivity index (χ0v) is 15.8. The van der Waals surface area contributed by atoms with Crippen molar-refractivity contribution in [2.24, 2.45) is 0 Å². The lowest BCUT2D eigenvalue weighted by Crippen LogP contribution is -2.29. The van der Waals surface area contributed by atoms with E-state index in [9.17, 15) is 4.79 Å². The molecule has 2 aromatic heterocycles. The number of ether oxygens (including phenoxy) is 3. The van der Waals surface area contributed by atoms with Crippen LogP contribution in [0.3, 0.4) is 0 Å². The minimum absolute atomic E-state index is 0.0606. The van der Waals surface area contributed by atoms with Gasteiger partial charge in [-0.05, 0) is 36.2 Å². The number of hydrogen-bond acceptors (Lipinski definition) is 7. The van der Waals surface area contributed by atoms with Crippen LogP contribution in [0.4, 0.5) is 0 Å². The smallest absolute Gasteiger partial charge is 0.246 e. The Balaban J connectivity index is 1.37. The minimum atomic E-state index is -0.199. The Hall–Kier alpha value is -3.26. The second kappa shape index (κ2) is 9.61. The van der Waals surface area contributed by atoms with Crippen molar-refractivity contribution < 1.29 is 27.9 Å². The highest BCUT2D eigenvalue weighted by molar-refractivity contribution is 5.77. The van der Waals surface area contributed by atoms with Gasteiger partial charge in [-0.25, -0.2) is 0 Å². The number of carbonyl (C=O) groups is 1. The molecule has 0 saturated heterocycles. The van der Waals surface area contributed by atoms with Crippen LogP contribution in [0, 0.1) is 0 Å². The van der Waals surface area contributed by atoms with Crippen LogP contribution in [-0.4, -0.2) is 38.4 Å². The maximum Gasteiger partial charge on any atom is 0.246 e. The zero-order valence-electron chi connectivity index (χ0n) is 15.8. The summed E-state index contributed by atoms with van der Waals surface area (Å²) >= 11 is 0. The van der Waals surface area contributed by atoms with Crippen LogP contribution in [0.1, 0.15) is 11.3 Å². The SMILES string of the molecule is COc1ccc(CCNC(=O)COCc2cc(-c3ccco3)on2)cc1OC. The molecule has 1 aromatic carbocycles. The highest BCUT2D eigenvalue weighted by atomic mass is 16.5. The van der Waals surface area contributed by atoms with Gasteiger partial charge in [0.25, 0.3) is 0 Å². The molecule has 0 bridgehead atoms. The second-order valence-corrected chi connectivity index (χ2v) is 5.94. The molecule has 0 aliphatic heterocycles. The summed E-state index contributed by atoms with van der Waals surface area (Å²) in [5, 5.41) is 6.70. The Labute approximate surface area is 162 Å². The molecule has 8 heteroatoms. The van der Waals surface area contributed by atoms with Crippen LogP contribution in [0.15, 0.2) is 51.6 Å². The maximum absolute atomic E-state index is 11.9. The summed E-state index contributed by atoms with van der Waals surface area (Å²) in [6, 6.07) is 10.9. The summed E-state index contributed by atoms with van der Waals surface area (Å²) in [4.78, 5) is 11.9. The van der Waals surface area contributed by atoms with E-state index >= 15 is 0 Å². The second-order valence-electron chi connectivity index (χ2n) is 5.94. The van der Waals surface area contributed by atoms with Gasteiger partial charge in [-0.2, -0.15) is 0 Å². The van der Waals surface area contributed by atoms with Gasteiger partial charge in [0.1, 0.15) is 12.3 Å². The van der Waals surface area contributed by atoms with Crippen LogP contribution in [-0.2, 0) is 22.6 Å². The maximum atomic E-state index is 11.9. The van der Waals surface area contributed by atoms with Crippen LogP contribution in [0.5, 0.6) is 11.5 Å². The molecule has 148 valence electrons. The topological polar surface area (TPSA) is 96.0 Å². The lowest BCUT2D eigenvalue weighted by Gasteiger charge is -2.10. The van der Waals surface area contributed by atoms with E-state index in [4.69, 9.17) is 23.2 Å². The van der Waals surface area contributed by atoms with Gasteiger partial charge >= 0.3 is 0 Å². The number of rotatable bonds is 10. The molecule has 28 heavy (non-hydrogen) atoms. The summed E-state index contributed by atoms with van der Waals surface area (Å²) in [5.74, 6) is 2.24. The first kappa shape index (κ1) is 19.5. The fraction of sp³-hybridized carbons (Fsp3) is 0.300. The fourth-order valence-electron chi connectivity index (χ4n) is 2.60. The van der Waals surface area contributed by atoms with E-state index in [0.29, 0.717) is 41.7 Å². The van der Waals surface area contributed by atoms with Gasteiger partial charge in [-0.1, -0.05) is 11.2 Å². The van der Waals surface area contributed by atoms with E-state index in [0.717, 1.165) is 5.56 Å². The summed E-state index contributed by atoms with van der Waals surface area (Å²) in [7, 11) is 3.18. The molecule has 2 heterocycles. The molecular formula is C20H22N2O6. The third kappa shape index (κ3) is 5.14. The predicted octanol–water partition coefficient (Wildman–Crippen LogP) is 2.83. The van der Waals surface area contributed by atoms with E-state index in [1.165, 1.54) is 0 Å². The van der Waals surface area contributed by atoms with Gasteiger partial charge in [0.05, 0.1) is 27.1 Å². The van der Waals surface area contributed by atoms with Gasteiger partial charge in [0.2, 0.25) is 11.7 Å². The van der Waals surface area contributed by atoms with Crippen molar-refractivity contribution in [1.82, 2.24) is 10.5 Å². The Kier molecular flexibility index (Phi) is 6.69.